The van der Waals surface area contributed by atoms with Crippen LogP contribution in [-0.2, 0) is 4.74 Å². The van der Waals surface area contributed by atoms with Gasteiger partial charge in [-0.2, -0.15) is 0 Å². The van der Waals surface area contributed by atoms with Crippen LogP contribution in [-0.4, -0.2) is 57.5 Å². The zero-order valence-electron chi connectivity index (χ0n) is 20.1. The Morgan fingerprint density at radius 1 is 1.15 bits per heavy atom. The largest absolute Gasteiger partial charge is 0.493 e. The molecule has 0 spiro atoms. The van der Waals surface area contributed by atoms with Gasteiger partial charge in [0, 0.05) is 31.2 Å². The zero-order valence-corrected chi connectivity index (χ0v) is 20.1. The minimum atomic E-state index is -0.307. The minimum absolute atomic E-state index is 0.103. The van der Waals surface area contributed by atoms with Crippen LogP contribution in [0.15, 0.2) is 36.1 Å². The molecule has 0 radical (unpaired) electrons. The van der Waals surface area contributed by atoms with Gasteiger partial charge in [-0.25, -0.2) is 4.79 Å². The molecular weight excluding hydrogens is 418 g/mol. The van der Waals surface area contributed by atoms with E-state index in [0.29, 0.717) is 12.5 Å². The highest BCUT2D eigenvalue weighted by molar-refractivity contribution is 5.67. The Bertz CT molecular complexity index is 886. The zero-order chi connectivity index (χ0) is 23.2. The minimum Gasteiger partial charge on any atom is -0.493 e. The van der Waals surface area contributed by atoms with Crippen LogP contribution < -0.4 is 20.1 Å². The molecule has 7 heteroatoms. The number of rotatable bonds is 8. The number of benzene rings is 1. The highest BCUT2D eigenvalue weighted by Crippen LogP contribution is 2.46. The Labute approximate surface area is 197 Å². The number of dihydropyridines is 1. The van der Waals surface area contributed by atoms with E-state index < -0.39 is 0 Å². The van der Waals surface area contributed by atoms with Gasteiger partial charge in [0.2, 0.25) is 0 Å². The maximum Gasteiger partial charge on any atom is 0.407 e. The standard InChI is InChI=1S/C26H37N3O4/c1-4-33-26(30)28-21-9-12-29(13-10-21)17-18-8-11-27-23(14-18)20-15-22(19-6-5-7-19)25(32-3)24(16-20)31-2/h8,11,14-16,19,21,23,27H,4-7,9-10,12-13,17H2,1-3H3,(H,28,30). The summed E-state index contributed by atoms with van der Waals surface area (Å²) in [6.07, 6.45) is 11.8. The van der Waals surface area contributed by atoms with Crippen LogP contribution in [0.2, 0.25) is 0 Å². The van der Waals surface area contributed by atoms with Crippen LogP contribution in [0.1, 0.15) is 62.1 Å². The lowest BCUT2D eigenvalue weighted by molar-refractivity contribution is 0.138. The first-order chi connectivity index (χ1) is 16.1. The molecule has 2 fully saturated rings. The molecule has 1 aliphatic carbocycles. The SMILES string of the molecule is CCOC(=O)NC1CCN(CC2=CC(c3cc(OC)c(OC)c(C4CCC4)c3)NC=C2)CC1. The molecule has 1 amide bonds. The third kappa shape index (κ3) is 5.64. The Hall–Kier alpha value is -2.67. The summed E-state index contributed by atoms with van der Waals surface area (Å²) in [4.78, 5) is 14.1. The Balaban J connectivity index is 1.41. The van der Waals surface area contributed by atoms with Gasteiger partial charge in [0.05, 0.1) is 26.9 Å². The fourth-order valence-electron chi connectivity index (χ4n) is 4.93. The molecule has 0 aromatic heterocycles. The third-order valence-electron chi connectivity index (χ3n) is 6.98. The van der Waals surface area contributed by atoms with Crippen molar-refractivity contribution in [1.82, 2.24) is 15.5 Å². The van der Waals surface area contributed by atoms with E-state index in [0.717, 1.165) is 44.0 Å². The molecule has 1 aromatic rings. The highest BCUT2D eigenvalue weighted by atomic mass is 16.5. The lowest BCUT2D eigenvalue weighted by Gasteiger charge is -2.33. The van der Waals surface area contributed by atoms with Crippen molar-refractivity contribution in [2.24, 2.45) is 0 Å². The normalized spacial score (nSPS) is 21.5. The molecule has 4 rings (SSSR count). The van der Waals surface area contributed by atoms with Crippen molar-refractivity contribution in [2.75, 3.05) is 40.5 Å². The van der Waals surface area contributed by atoms with Crippen molar-refractivity contribution >= 4 is 6.09 Å². The van der Waals surface area contributed by atoms with Gasteiger partial charge in [0.1, 0.15) is 0 Å². The predicted octanol–water partition coefficient (Wildman–Crippen LogP) is 4.27. The van der Waals surface area contributed by atoms with E-state index in [1.54, 1.807) is 14.2 Å². The summed E-state index contributed by atoms with van der Waals surface area (Å²) in [6.45, 7) is 5.06. The second-order valence-electron chi connectivity index (χ2n) is 9.11. The van der Waals surface area contributed by atoms with Gasteiger partial charge in [-0.1, -0.05) is 12.5 Å². The van der Waals surface area contributed by atoms with Gasteiger partial charge in [-0.15, -0.1) is 0 Å². The number of alkyl carbamates (subject to hydrolysis) is 1. The number of nitrogens with one attached hydrogen (secondary N) is 2. The van der Waals surface area contributed by atoms with E-state index in [1.165, 1.54) is 36.0 Å². The van der Waals surface area contributed by atoms with E-state index in [4.69, 9.17) is 14.2 Å². The van der Waals surface area contributed by atoms with Crippen molar-refractivity contribution in [3.05, 3.63) is 47.2 Å². The molecule has 1 saturated heterocycles. The van der Waals surface area contributed by atoms with Crippen molar-refractivity contribution in [2.45, 2.75) is 57.0 Å². The van der Waals surface area contributed by atoms with Crippen LogP contribution >= 0.6 is 0 Å². The van der Waals surface area contributed by atoms with E-state index in [9.17, 15) is 4.79 Å². The molecule has 1 atom stereocenters. The molecule has 7 nitrogen and oxygen atoms in total. The molecule has 2 heterocycles. The van der Waals surface area contributed by atoms with Gasteiger partial charge < -0.3 is 24.8 Å². The van der Waals surface area contributed by atoms with E-state index in [1.807, 2.05) is 6.92 Å². The number of carbonyl (C=O) groups is 1. The van der Waals surface area contributed by atoms with Crippen LogP contribution in [0, 0.1) is 0 Å². The lowest BCUT2D eigenvalue weighted by Crippen LogP contribution is -2.45. The number of carbonyl (C=O) groups excluding carboxylic acids is 1. The van der Waals surface area contributed by atoms with Crippen LogP contribution in [0.25, 0.3) is 0 Å². The number of ether oxygens (including phenoxy) is 3. The number of amides is 1. The molecular formula is C26H37N3O4. The fraction of sp³-hybridized carbons (Fsp3) is 0.577. The number of hydrogen-bond donors (Lipinski definition) is 2. The van der Waals surface area contributed by atoms with Crippen molar-refractivity contribution in [1.29, 1.82) is 0 Å². The second kappa shape index (κ2) is 11.0. The maximum absolute atomic E-state index is 11.7. The Morgan fingerprint density at radius 3 is 2.58 bits per heavy atom. The summed E-state index contributed by atoms with van der Waals surface area (Å²) in [5.41, 5.74) is 3.77. The molecule has 33 heavy (non-hydrogen) atoms. The van der Waals surface area contributed by atoms with Crippen molar-refractivity contribution in [3.63, 3.8) is 0 Å². The van der Waals surface area contributed by atoms with Gasteiger partial charge in [-0.3, -0.25) is 4.90 Å². The smallest absolute Gasteiger partial charge is 0.407 e. The summed E-state index contributed by atoms with van der Waals surface area (Å²) in [5.74, 6) is 2.24. The molecule has 180 valence electrons. The van der Waals surface area contributed by atoms with Crippen LogP contribution in [0.4, 0.5) is 4.79 Å². The first-order valence-corrected chi connectivity index (χ1v) is 12.2. The van der Waals surface area contributed by atoms with Crippen molar-refractivity contribution in [3.8, 4) is 11.5 Å². The summed E-state index contributed by atoms with van der Waals surface area (Å²) in [7, 11) is 3.44. The molecule has 1 aromatic carbocycles. The lowest BCUT2D eigenvalue weighted by atomic mass is 9.78. The molecule has 1 saturated carbocycles. The summed E-state index contributed by atoms with van der Waals surface area (Å²) >= 11 is 0. The Kier molecular flexibility index (Phi) is 7.81. The second-order valence-corrected chi connectivity index (χ2v) is 9.11. The van der Waals surface area contributed by atoms with Gasteiger partial charge >= 0.3 is 6.09 Å². The number of piperidine rings is 1. The maximum atomic E-state index is 11.7. The Morgan fingerprint density at radius 2 is 1.94 bits per heavy atom. The van der Waals surface area contributed by atoms with Gasteiger partial charge in [0.15, 0.2) is 11.5 Å². The third-order valence-corrected chi connectivity index (χ3v) is 6.98. The molecule has 3 aliphatic rings. The van der Waals surface area contributed by atoms with Crippen LogP contribution in [0.5, 0.6) is 11.5 Å². The van der Waals surface area contributed by atoms with E-state index in [2.05, 4.69) is 46.0 Å². The summed E-state index contributed by atoms with van der Waals surface area (Å²) in [6, 6.07) is 4.69. The highest BCUT2D eigenvalue weighted by Gasteiger charge is 2.27. The topological polar surface area (TPSA) is 72.1 Å². The average molecular weight is 456 g/mol. The van der Waals surface area contributed by atoms with Crippen molar-refractivity contribution < 1.29 is 19.0 Å². The average Bonchev–Trinajstić information content (AvgIpc) is 2.79. The van der Waals surface area contributed by atoms with Gasteiger partial charge in [-0.05, 0) is 74.1 Å². The monoisotopic (exact) mass is 455 g/mol. The summed E-state index contributed by atoms with van der Waals surface area (Å²) in [5, 5.41) is 6.47. The van der Waals surface area contributed by atoms with E-state index in [-0.39, 0.29) is 18.2 Å². The molecule has 0 bridgehead atoms. The molecule has 2 N–H and O–H groups in total. The number of likely N-dealkylation sites (tertiary alicyclic amines) is 1. The van der Waals surface area contributed by atoms with Gasteiger partial charge in [0.25, 0.3) is 0 Å². The fourth-order valence-corrected chi connectivity index (χ4v) is 4.93. The van der Waals surface area contributed by atoms with Crippen LogP contribution in [0.3, 0.4) is 0 Å². The molecule has 1 unspecified atom stereocenters. The number of nitrogens with zero attached hydrogens (tertiary/aromatic N) is 1. The number of hydrogen-bond acceptors (Lipinski definition) is 6. The van der Waals surface area contributed by atoms with E-state index >= 15 is 0 Å². The number of methoxy groups -OCH3 is 2. The summed E-state index contributed by atoms with van der Waals surface area (Å²) < 4.78 is 16.4. The first kappa shape index (κ1) is 23.5. The quantitative estimate of drug-likeness (QED) is 0.610. The predicted molar refractivity (Wildman–Crippen MR) is 129 cm³/mol. The molecule has 2 aliphatic heterocycles. The first-order valence-electron chi connectivity index (χ1n) is 12.2.